The molecule has 0 unspecified atom stereocenters. The van der Waals surface area contributed by atoms with Crippen LogP contribution in [0, 0.1) is 0 Å². The number of piperidine rings is 1. The largest absolute Gasteiger partial charge is 0.545 e. The van der Waals surface area contributed by atoms with Gasteiger partial charge in [0.25, 0.3) is 0 Å². The van der Waals surface area contributed by atoms with Crippen LogP contribution >= 0.6 is 0 Å². The van der Waals surface area contributed by atoms with E-state index in [1.165, 1.54) is 46.8 Å². The second-order valence-electron chi connectivity index (χ2n) is 6.60. The van der Waals surface area contributed by atoms with E-state index in [9.17, 15) is 23.1 Å². The minimum absolute atomic E-state index is 0.0639. The highest BCUT2D eigenvalue weighted by Gasteiger charge is 2.25. The zero-order valence-corrected chi connectivity index (χ0v) is 16.0. The number of carboxylic acids is 1. The summed E-state index contributed by atoms with van der Waals surface area (Å²) in [5, 5.41) is 10.7. The highest BCUT2D eigenvalue weighted by atomic mass is 32.2. The van der Waals surface area contributed by atoms with Crippen LogP contribution in [-0.2, 0) is 10.0 Å². The number of hydrogen-bond acceptors (Lipinski definition) is 5. The first-order chi connectivity index (χ1) is 13.4. The average Bonchev–Trinajstić information content (AvgIpc) is 2.73. The molecule has 6 nitrogen and oxygen atoms in total. The molecule has 0 aromatic heterocycles. The number of carbonyl (C=O) groups is 2. The van der Waals surface area contributed by atoms with Crippen molar-refractivity contribution in [3.63, 3.8) is 0 Å². The topological polar surface area (TPSA) is 94.6 Å². The highest BCUT2D eigenvalue weighted by molar-refractivity contribution is 7.89. The Kier molecular flexibility index (Phi) is 6.06. The number of rotatable bonds is 6. The van der Waals surface area contributed by atoms with Crippen LogP contribution in [0.3, 0.4) is 0 Å². The van der Waals surface area contributed by atoms with E-state index >= 15 is 0 Å². The second-order valence-corrected chi connectivity index (χ2v) is 8.53. The Bertz CT molecular complexity index is 986. The van der Waals surface area contributed by atoms with E-state index in [1.807, 2.05) is 0 Å². The third-order valence-corrected chi connectivity index (χ3v) is 6.58. The molecule has 1 saturated heterocycles. The van der Waals surface area contributed by atoms with Gasteiger partial charge in [-0.1, -0.05) is 36.8 Å². The molecule has 2 aromatic rings. The monoisotopic (exact) mass is 398 g/mol. The van der Waals surface area contributed by atoms with Crippen molar-refractivity contribution in [3.8, 4) is 0 Å². The first-order valence-corrected chi connectivity index (χ1v) is 10.5. The lowest BCUT2D eigenvalue weighted by Crippen LogP contribution is -2.35. The summed E-state index contributed by atoms with van der Waals surface area (Å²) in [6, 6.07) is 11.9. The number of hydrogen-bond donors (Lipinski definition) is 0. The molecule has 0 amide bonds. The van der Waals surface area contributed by atoms with Crippen molar-refractivity contribution in [2.45, 2.75) is 24.2 Å². The predicted octanol–water partition coefficient (Wildman–Crippen LogP) is 2.12. The molecule has 1 heterocycles. The maximum atomic E-state index is 12.6. The third-order valence-electron chi connectivity index (χ3n) is 4.67. The van der Waals surface area contributed by atoms with Gasteiger partial charge in [-0.05, 0) is 54.3 Å². The molecule has 0 radical (unpaired) electrons. The zero-order chi connectivity index (χ0) is 20.1. The molecule has 146 valence electrons. The summed E-state index contributed by atoms with van der Waals surface area (Å²) in [6.45, 7) is 1.06. The lowest BCUT2D eigenvalue weighted by atomic mass is 10.1. The Hall–Kier alpha value is -2.77. The molecule has 7 heteroatoms. The van der Waals surface area contributed by atoms with E-state index in [2.05, 4.69) is 0 Å². The summed E-state index contributed by atoms with van der Waals surface area (Å²) >= 11 is 0. The van der Waals surface area contributed by atoms with Gasteiger partial charge < -0.3 is 9.90 Å². The van der Waals surface area contributed by atoms with Gasteiger partial charge in [-0.15, -0.1) is 0 Å². The van der Waals surface area contributed by atoms with Gasteiger partial charge in [0.1, 0.15) is 0 Å². The molecule has 0 spiro atoms. The molecule has 1 fully saturated rings. The number of aromatic carboxylic acids is 1. The molecular weight excluding hydrogens is 378 g/mol. The summed E-state index contributed by atoms with van der Waals surface area (Å²) in [4.78, 5) is 23.2. The highest BCUT2D eigenvalue weighted by Crippen LogP contribution is 2.21. The zero-order valence-electron chi connectivity index (χ0n) is 15.2. The normalized spacial score (nSPS) is 15.6. The SMILES string of the molecule is O=C([O-])c1ccc(/C=C/C(=O)c2ccc(S(=O)(=O)N3CCCCC3)cc2)cc1. The van der Waals surface area contributed by atoms with Crippen LogP contribution in [0.25, 0.3) is 6.08 Å². The van der Waals surface area contributed by atoms with Crippen LogP contribution in [-0.4, -0.2) is 37.6 Å². The number of sulfonamides is 1. The number of carbonyl (C=O) groups excluding carboxylic acids is 2. The quantitative estimate of drug-likeness (QED) is 0.549. The lowest BCUT2D eigenvalue weighted by Gasteiger charge is -2.25. The minimum atomic E-state index is -3.52. The molecule has 28 heavy (non-hydrogen) atoms. The van der Waals surface area contributed by atoms with Crippen LogP contribution < -0.4 is 5.11 Å². The van der Waals surface area contributed by atoms with Gasteiger partial charge in [0, 0.05) is 18.7 Å². The first kappa shape index (κ1) is 20.0. The Balaban J connectivity index is 1.70. The van der Waals surface area contributed by atoms with Crippen molar-refractivity contribution in [2.24, 2.45) is 0 Å². The van der Waals surface area contributed by atoms with E-state index < -0.39 is 16.0 Å². The molecule has 0 aliphatic carbocycles. The van der Waals surface area contributed by atoms with Gasteiger partial charge >= 0.3 is 0 Å². The Labute approximate surface area is 164 Å². The van der Waals surface area contributed by atoms with Crippen molar-refractivity contribution in [1.82, 2.24) is 4.31 Å². The van der Waals surface area contributed by atoms with E-state index in [0.29, 0.717) is 24.2 Å². The maximum Gasteiger partial charge on any atom is 0.243 e. The van der Waals surface area contributed by atoms with Crippen LogP contribution in [0.2, 0.25) is 0 Å². The average molecular weight is 398 g/mol. The van der Waals surface area contributed by atoms with E-state index in [-0.39, 0.29) is 16.2 Å². The van der Waals surface area contributed by atoms with Gasteiger partial charge in [-0.3, -0.25) is 4.79 Å². The van der Waals surface area contributed by atoms with Crippen LogP contribution in [0.15, 0.2) is 59.5 Å². The molecular formula is C21H20NO5S-. The fourth-order valence-electron chi connectivity index (χ4n) is 3.04. The molecule has 2 aromatic carbocycles. The fourth-order valence-corrected chi connectivity index (χ4v) is 4.56. The second kappa shape index (κ2) is 8.50. The summed E-state index contributed by atoms with van der Waals surface area (Å²) in [5.74, 6) is -1.53. The summed E-state index contributed by atoms with van der Waals surface area (Å²) in [5.41, 5.74) is 1.11. The van der Waals surface area contributed by atoms with Crippen LogP contribution in [0.1, 0.15) is 45.5 Å². The molecule has 1 aliphatic heterocycles. The van der Waals surface area contributed by atoms with Crippen molar-refractivity contribution < 1.29 is 23.1 Å². The number of ketones is 1. The Morgan fingerprint density at radius 3 is 2.00 bits per heavy atom. The van der Waals surface area contributed by atoms with Crippen LogP contribution in [0.5, 0.6) is 0 Å². The summed E-state index contributed by atoms with van der Waals surface area (Å²) in [7, 11) is -3.52. The number of nitrogens with zero attached hydrogens (tertiary/aromatic N) is 1. The van der Waals surface area contributed by atoms with Crippen molar-refractivity contribution in [2.75, 3.05) is 13.1 Å². The molecule has 0 N–H and O–H groups in total. The van der Waals surface area contributed by atoms with Gasteiger partial charge in [0.15, 0.2) is 5.78 Å². The molecule has 0 atom stereocenters. The number of allylic oxidation sites excluding steroid dienone is 1. The molecule has 3 rings (SSSR count). The maximum absolute atomic E-state index is 12.6. The lowest BCUT2D eigenvalue weighted by molar-refractivity contribution is -0.255. The van der Waals surface area contributed by atoms with Crippen LogP contribution in [0.4, 0.5) is 0 Å². The molecule has 0 saturated carbocycles. The van der Waals surface area contributed by atoms with Gasteiger partial charge in [-0.2, -0.15) is 4.31 Å². The molecule has 0 bridgehead atoms. The molecule has 1 aliphatic rings. The Morgan fingerprint density at radius 2 is 1.43 bits per heavy atom. The first-order valence-electron chi connectivity index (χ1n) is 9.02. The third kappa shape index (κ3) is 4.55. The van der Waals surface area contributed by atoms with Gasteiger partial charge in [0.2, 0.25) is 10.0 Å². The smallest absolute Gasteiger partial charge is 0.243 e. The van der Waals surface area contributed by atoms with E-state index in [4.69, 9.17) is 0 Å². The van der Waals surface area contributed by atoms with Crippen molar-refractivity contribution in [1.29, 1.82) is 0 Å². The Morgan fingerprint density at radius 1 is 0.857 bits per heavy atom. The van der Waals surface area contributed by atoms with Gasteiger partial charge in [-0.25, -0.2) is 8.42 Å². The standard InChI is InChI=1S/C21H21NO5S/c23-20(13-6-16-4-7-18(8-5-16)21(24)25)17-9-11-19(12-10-17)28(26,27)22-14-2-1-3-15-22/h4-13H,1-3,14-15H2,(H,24,25)/p-1/b13-6+. The van der Waals surface area contributed by atoms with Crippen molar-refractivity contribution in [3.05, 3.63) is 71.3 Å². The minimum Gasteiger partial charge on any atom is -0.545 e. The predicted molar refractivity (Wildman–Crippen MR) is 103 cm³/mol. The van der Waals surface area contributed by atoms with Crippen molar-refractivity contribution >= 4 is 27.9 Å². The fraction of sp³-hybridized carbons (Fsp3) is 0.238. The number of carboxylic acid groups (broad SMARTS) is 1. The van der Waals surface area contributed by atoms with E-state index in [1.54, 1.807) is 18.2 Å². The summed E-state index contributed by atoms with van der Waals surface area (Å²) < 4.78 is 26.8. The van der Waals surface area contributed by atoms with Gasteiger partial charge in [0.05, 0.1) is 10.9 Å². The number of benzene rings is 2. The van der Waals surface area contributed by atoms with E-state index in [0.717, 1.165) is 19.3 Å². The summed E-state index contributed by atoms with van der Waals surface area (Å²) in [6.07, 6.45) is 5.71.